The van der Waals surface area contributed by atoms with Gasteiger partial charge < -0.3 is 4.74 Å². The van der Waals surface area contributed by atoms with E-state index in [1.807, 2.05) is 12.1 Å². The predicted octanol–water partition coefficient (Wildman–Crippen LogP) is 3.15. The van der Waals surface area contributed by atoms with Crippen LogP contribution in [0.25, 0.3) is 6.08 Å². The first kappa shape index (κ1) is 10.7. The van der Waals surface area contributed by atoms with Crippen LogP contribution in [0.15, 0.2) is 35.6 Å². The molecule has 0 saturated heterocycles. The molecule has 0 atom stereocenters. The summed E-state index contributed by atoms with van der Waals surface area (Å²) in [6.45, 7) is 5.91. The topological polar surface area (TPSA) is 26.3 Å². The van der Waals surface area contributed by atoms with Gasteiger partial charge in [-0.2, -0.15) is 0 Å². The number of benzene rings is 1. The summed E-state index contributed by atoms with van der Waals surface area (Å²) < 4.78 is 4.95. The molecule has 0 amide bonds. The van der Waals surface area contributed by atoms with Crippen molar-refractivity contribution in [3.63, 3.8) is 0 Å². The van der Waals surface area contributed by atoms with Crippen LogP contribution < -0.4 is 0 Å². The van der Waals surface area contributed by atoms with Gasteiger partial charge in [-0.3, -0.25) is 0 Å². The number of ether oxygens (including phenoxy) is 1. The van der Waals surface area contributed by atoms with Crippen LogP contribution in [0.4, 0.5) is 0 Å². The summed E-state index contributed by atoms with van der Waals surface area (Å²) in [4.78, 5) is 11.4. The molecule has 1 aliphatic heterocycles. The van der Waals surface area contributed by atoms with Gasteiger partial charge in [-0.15, -0.1) is 0 Å². The highest BCUT2D eigenvalue weighted by Gasteiger charge is 2.17. The number of cyclic esters (lactones) is 1. The Morgan fingerprint density at radius 1 is 1.12 bits per heavy atom. The molecule has 0 radical (unpaired) electrons. The number of rotatable bonds is 1. The second-order valence-electron chi connectivity index (χ2n) is 4.09. The van der Waals surface area contributed by atoms with Crippen LogP contribution in [-0.2, 0) is 9.53 Å². The molecular formula is C14H14O2. The number of carbonyl (C=O) groups is 1. The Bertz CT molecular complexity index is 507. The van der Waals surface area contributed by atoms with Crippen LogP contribution in [0.1, 0.15) is 23.6 Å². The molecule has 0 aliphatic carbocycles. The molecule has 0 spiro atoms. The van der Waals surface area contributed by atoms with E-state index in [1.165, 1.54) is 11.1 Å². The van der Waals surface area contributed by atoms with Crippen molar-refractivity contribution in [2.75, 3.05) is 0 Å². The standard InChI is InChI=1S/C14H14O2/c1-9-4-5-12(6-10(9)2)8-13-7-11(3)16-14(13)15/h4-8H,1-3H3/b13-8+. The Hall–Kier alpha value is -1.83. The fourth-order valence-electron chi connectivity index (χ4n) is 1.65. The van der Waals surface area contributed by atoms with Crippen LogP contribution in [-0.4, -0.2) is 5.97 Å². The van der Waals surface area contributed by atoms with Crippen molar-refractivity contribution in [2.24, 2.45) is 0 Å². The van der Waals surface area contributed by atoms with Crippen LogP contribution in [0.2, 0.25) is 0 Å². The normalized spacial score (nSPS) is 17.6. The van der Waals surface area contributed by atoms with Crippen LogP contribution in [0.5, 0.6) is 0 Å². The van der Waals surface area contributed by atoms with E-state index in [1.54, 1.807) is 13.0 Å². The lowest BCUT2D eigenvalue weighted by Crippen LogP contribution is -1.96. The highest BCUT2D eigenvalue weighted by molar-refractivity contribution is 5.99. The number of hydrogen-bond acceptors (Lipinski definition) is 2. The molecule has 0 fully saturated rings. The molecule has 0 aromatic heterocycles. The molecule has 2 rings (SSSR count). The summed E-state index contributed by atoms with van der Waals surface area (Å²) in [5.74, 6) is 0.385. The highest BCUT2D eigenvalue weighted by atomic mass is 16.5. The van der Waals surface area contributed by atoms with E-state index in [9.17, 15) is 4.79 Å². The van der Waals surface area contributed by atoms with Crippen molar-refractivity contribution >= 4 is 12.0 Å². The molecule has 0 bridgehead atoms. The zero-order valence-corrected chi connectivity index (χ0v) is 9.70. The fourth-order valence-corrected chi connectivity index (χ4v) is 1.65. The monoisotopic (exact) mass is 214 g/mol. The summed E-state index contributed by atoms with van der Waals surface area (Å²) in [6, 6.07) is 6.12. The third-order valence-electron chi connectivity index (χ3n) is 2.70. The Labute approximate surface area is 95.2 Å². The highest BCUT2D eigenvalue weighted by Crippen LogP contribution is 2.20. The van der Waals surface area contributed by atoms with Crippen molar-refractivity contribution in [3.8, 4) is 0 Å². The number of aryl methyl sites for hydroxylation is 2. The lowest BCUT2D eigenvalue weighted by molar-refractivity contribution is -0.133. The fraction of sp³-hybridized carbons (Fsp3) is 0.214. The van der Waals surface area contributed by atoms with E-state index in [-0.39, 0.29) is 5.97 Å². The van der Waals surface area contributed by atoms with Gasteiger partial charge in [0, 0.05) is 0 Å². The summed E-state index contributed by atoms with van der Waals surface area (Å²) in [5, 5.41) is 0. The molecule has 1 aromatic rings. The molecule has 1 aromatic carbocycles. The zero-order chi connectivity index (χ0) is 11.7. The summed E-state index contributed by atoms with van der Waals surface area (Å²) >= 11 is 0. The molecule has 16 heavy (non-hydrogen) atoms. The van der Waals surface area contributed by atoms with Gasteiger partial charge in [0.1, 0.15) is 5.76 Å². The molecule has 1 heterocycles. The van der Waals surface area contributed by atoms with E-state index >= 15 is 0 Å². The zero-order valence-electron chi connectivity index (χ0n) is 9.70. The van der Waals surface area contributed by atoms with E-state index in [0.717, 1.165) is 5.56 Å². The van der Waals surface area contributed by atoms with Gasteiger partial charge in [-0.25, -0.2) is 4.79 Å². The van der Waals surface area contributed by atoms with Crippen LogP contribution in [0.3, 0.4) is 0 Å². The number of carbonyl (C=O) groups excluding carboxylic acids is 1. The molecule has 2 heteroatoms. The van der Waals surface area contributed by atoms with Crippen molar-refractivity contribution < 1.29 is 9.53 Å². The number of hydrogen-bond donors (Lipinski definition) is 0. The third kappa shape index (κ3) is 2.06. The van der Waals surface area contributed by atoms with Gasteiger partial charge in [0.25, 0.3) is 0 Å². The molecule has 1 aliphatic rings. The van der Waals surface area contributed by atoms with Gasteiger partial charge in [0.05, 0.1) is 5.57 Å². The molecule has 0 saturated carbocycles. The van der Waals surface area contributed by atoms with Crippen LogP contribution in [0, 0.1) is 13.8 Å². The van der Waals surface area contributed by atoms with Gasteiger partial charge in [0.15, 0.2) is 0 Å². The van der Waals surface area contributed by atoms with Gasteiger partial charge in [-0.05, 0) is 49.6 Å². The van der Waals surface area contributed by atoms with Crippen molar-refractivity contribution in [1.82, 2.24) is 0 Å². The quantitative estimate of drug-likeness (QED) is 0.530. The maximum Gasteiger partial charge on any atom is 0.343 e. The van der Waals surface area contributed by atoms with Crippen molar-refractivity contribution in [3.05, 3.63) is 52.3 Å². The second kappa shape index (κ2) is 3.97. The predicted molar refractivity (Wildman–Crippen MR) is 63.7 cm³/mol. The Morgan fingerprint density at radius 2 is 1.88 bits per heavy atom. The van der Waals surface area contributed by atoms with E-state index < -0.39 is 0 Å². The lowest BCUT2D eigenvalue weighted by Gasteiger charge is -2.01. The average Bonchev–Trinajstić information content (AvgIpc) is 2.51. The molecule has 0 unspecified atom stereocenters. The van der Waals surface area contributed by atoms with Gasteiger partial charge >= 0.3 is 5.97 Å². The number of allylic oxidation sites excluding steroid dienone is 1. The Kier molecular flexibility index (Phi) is 2.65. The smallest absolute Gasteiger partial charge is 0.343 e. The first-order valence-electron chi connectivity index (χ1n) is 5.26. The van der Waals surface area contributed by atoms with E-state index in [2.05, 4.69) is 26.0 Å². The van der Waals surface area contributed by atoms with E-state index in [0.29, 0.717) is 11.3 Å². The SMILES string of the molecule is CC1=C/C(=C\c2ccc(C)c(C)c2)C(=O)O1. The first-order valence-corrected chi connectivity index (χ1v) is 5.26. The third-order valence-corrected chi connectivity index (χ3v) is 2.70. The maximum absolute atomic E-state index is 11.4. The maximum atomic E-state index is 11.4. The molecule has 82 valence electrons. The Balaban J connectivity index is 2.36. The van der Waals surface area contributed by atoms with Crippen LogP contribution >= 0.6 is 0 Å². The minimum atomic E-state index is -0.268. The summed E-state index contributed by atoms with van der Waals surface area (Å²) in [7, 11) is 0. The minimum absolute atomic E-state index is 0.268. The lowest BCUT2D eigenvalue weighted by atomic mass is 10.0. The molecular weight excluding hydrogens is 200 g/mol. The summed E-state index contributed by atoms with van der Waals surface area (Å²) in [6.07, 6.45) is 3.61. The largest absolute Gasteiger partial charge is 0.428 e. The summed E-state index contributed by atoms with van der Waals surface area (Å²) in [5.41, 5.74) is 4.12. The average molecular weight is 214 g/mol. The molecule has 0 N–H and O–H groups in total. The van der Waals surface area contributed by atoms with E-state index in [4.69, 9.17) is 4.74 Å². The van der Waals surface area contributed by atoms with Crippen molar-refractivity contribution in [2.45, 2.75) is 20.8 Å². The molecule has 2 nitrogen and oxygen atoms in total. The Morgan fingerprint density at radius 3 is 2.44 bits per heavy atom. The van der Waals surface area contributed by atoms with Gasteiger partial charge in [0.2, 0.25) is 0 Å². The minimum Gasteiger partial charge on any atom is -0.428 e. The van der Waals surface area contributed by atoms with Gasteiger partial charge in [-0.1, -0.05) is 18.2 Å². The first-order chi connectivity index (χ1) is 7.56. The van der Waals surface area contributed by atoms with Crippen molar-refractivity contribution in [1.29, 1.82) is 0 Å². The second-order valence-corrected chi connectivity index (χ2v) is 4.09. The number of esters is 1.